The van der Waals surface area contributed by atoms with Gasteiger partial charge in [-0.05, 0) is 49.8 Å². The number of benzene rings is 1. The van der Waals surface area contributed by atoms with Gasteiger partial charge in [0.05, 0.1) is 0 Å². The maximum atomic E-state index is 4.75. The molecule has 0 amide bonds. The molecular formula is C25H29N3. The van der Waals surface area contributed by atoms with Crippen molar-refractivity contribution in [2.75, 3.05) is 13.1 Å². The van der Waals surface area contributed by atoms with E-state index in [-0.39, 0.29) is 0 Å². The molecule has 0 unspecified atom stereocenters. The van der Waals surface area contributed by atoms with E-state index in [9.17, 15) is 0 Å². The van der Waals surface area contributed by atoms with Gasteiger partial charge in [-0.1, -0.05) is 54.6 Å². The molecule has 1 aromatic heterocycles. The topological polar surface area (TPSA) is 21.1 Å². The molecule has 3 heteroatoms. The summed E-state index contributed by atoms with van der Waals surface area (Å²) < 4.78 is 2.32. The molecule has 0 radical (unpaired) electrons. The van der Waals surface area contributed by atoms with Gasteiger partial charge in [-0.15, -0.1) is 0 Å². The SMILES string of the molecule is C=C(C(/C=C\C)=C/C)N1CCC(=C2c3ccccc3CCn3ccnc32)CC1. The summed E-state index contributed by atoms with van der Waals surface area (Å²) in [5.74, 6) is 1.13. The Morgan fingerprint density at radius 2 is 1.86 bits per heavy atom. The average molecular weight is 372 g/mol. The molecule has 2 aliphatic rings. The van der Waals surface area contributed by atoms with Crippen LogP contribution in [0.5, 0.6) is 0 Å². The van der Waals surface area contributed by atoms with Crippen LogP contribution < -0.4 is 0 Å². The Bertz CT molecular complexity index is 961. The number of hydrogen-bond acceptors (Lipinski definition) is 2. The van der Waals surface area contributed by atoms with E-state index in [4.69, 9.17) is 4.98 Å². The first kappa shape index (κ1) is 18.5. The van der Waals surface area contributed by atoms with Crippen LogP contribution in [-0.2, 0) is 13.0 Å². The van der Waals surface area contributed by atoms with Gasteiger partial charge in [-0.3, -0.25) is 0 Å². The van der Waals surface area contributed by atoms with E-state index in [1.807, 2.05) is 6.20 Å². The van der Waals surface area contributed by atoms with Crippen molar-refractivity contribution in [2.45, 2.75) is 39.7 Å². The summed E-state index contributed by atoms with van der Waals surface area (Å²) in [6.45, 7) is 11.5. The van der Waals surface area contributed by atoms with Crippen molar-refractivity contribution in [3.8, 4) is 0 Å². The number of hydrogen-bond donors (Lipinski definition) is 0. The minimum Gasteiger partial charge on any atom is -0.371 e. The standard InChI is InChI=1S/C25H29N3/c1-4-8-20(5-2)19(3)27-15-12-22(13-16-27)24-23-10-7-6-9-21(23)11-17-28-18-14-26-25(24)28/h4-10,14,18H,3,11-13,15-17H2,1-2H3/b8-4-,20-5+. The highest BCUT2D eigenvalue weighted by Crippen LogP contribution is 2.36. The Labute approximate surface area is 168 Å². The number of allylic oxidation sites excluding steroid dienone is 3. The van der Waals surface area contributed by atoms with E-state index >= 15 is 0 Å². The first-order chi connectivity index (χ1) is 13.7. The van der Waals surface area contributed by atoms with E-state index in [0.717, 1.165) is 50.4 Å². The van der Waals surface area contributed by atoms with Crippen LogP contribution in [0.3, 0.4) is 0 Å². The van der Waals surface area contributed by atoms with Gasteiger partial charge in [-0.2, -0.15) is 0 Å². The molecule has 2 aliphatic heterocycles. The third kappa shape index (κ3) is 3.37. The fourth-order valence-corrected chi connectivity index (χ4v) is 4.43. The quantitative estimate of drug-likeness (QED) is 0.676. The zero-order valence-electron chi connectivity index (χ0n) is 17.0. The normalized spacial score (nSPS) is 17.5. The molecule has 2 aromatic rings. The van der Waals surface area contributed by atoms with Gasteiger partial charge in [0.1, 0.15) is 5.82 Å². The second-order valence-corrected chi connectivity index (χ2v) is 7.51. The highest BCUT2D eigenvalue weighted by atomic mass is 15.1. The molecule has 3 nitrogen and oxygen atoms in total. The predicted octanol–water partition coefficient (Wildman–Crippen LogP) is 5.37. The Morgan fingerprint density at radius 3 is 2.61 bits per heavy atom. The van der Waals surface area contributed by atoms with Gasteiger partial charge in [-0.25, -0.2) is 4.98 Å². The summed E-state index contributed by atoms with van der Waals surface area (Å²) in [6, 6.07) is 8.86. The number of aryl methyl sites for hydroxylation is 2. The molecule has 4 rings (SSSR count). The molecule has 0 spiro atoms. The molecular weight excluding hydrogens is 342 g/mol. The average Bonchev–Trinajstić information content (AvgIpc) is 3.13. The Kier molecular flexibility index (Phi) is 5.34. The van der Waals surface area contributed by atoms with Crippen LogP contribution >= 0.6 is 0 Å². The second kappa shape index (κ2) is 8.05. The van der Waals surface area contributed by atoms with Crippen molar-refractivity contribution >= 4 is 5.57 Å². The first-order valence-corrected chi connectivity index (χ1v) is 10.3. The number of piperidine rings is 1. The smallest absolute Gasteiger partial charge is 0.140 e. The largest absolute Gasteiger partial charge is 0.371 e. The van der Waals surface area contributed by atoms with Crippen LogP contribution in [0.2, 0.25) is 0 Å². The molecule has 0 bridgehead atoms. The summed E-state index contributed by atoms with van der Waals surface area (Å²) in [5, 5.41) is 0. The van der Waals surface area contributed by atoms with Crippen LogP contribution in [-0.4, -0.2) is 27.5 Å². The lowest BCUT2D eigenvalue weighted by atomic mass is 9.89. The van der Waals surface area contributed by atoms with Crippen LogP contribution in [0, 0.1) is 0 Å². The van der Waals surface area contributed by atoms with Gasteiger partial charge < -0.3 is 9.47 Å². The Hall–Kier alpha value is -2.81. The lowest BCUT2D eigenvalue weighted by Crippen LogP contribution is -2.30. The fraction of sp³-hybridized carbons (Fsp3) is 0.320. The van der Waals surface area contributed by atoms with Gasteiger partial charge in [0.15, 0.2) is 0 Å². The van der Waals surface area contributed by atoms with Crippen molar-refractivity contribution in [2.24, 2.45) is 0 Å². The molecule has 1 saturated heterocycles. The van der Waals surface area contributed by atoms with Crippen molar-refractivity contribution < 1.29 is 0 Å². The maximum absolute atomic E-state index is 4.75. The zero-order valence-corrected chi connectivity index (χ0v) is 17.0. The second-order valence-electron chi connectivity index (χ2n) is 7.51. The molecule has 3 heterocycles. The van der Waals surface area contributed by atoms with Crippen LogP contribution in [0.1, 0.15) is 43.6 Å². The highest BCUT2D eigenvalue weighted by Gasteiger charge is 2.25. The van der Waals surface area contributed by atoms with Crippen LogP contribution in [0.25, 0.3) is 5.57 Å². The van der Waals surface area contributed by atoms with Crippen molar-refractivity contribution in [1.82, 2.24) is 14.5 Å². The van der Waals surface area contributed by atoms with Crippen molar-refractivity contribution in [1.29, 1.82) is 0 Å². The molecule has 0 saturated carbocycles. The maximum Gasteiger partial charge on any atom is 0.140 e. The first-order valence-electron chi connectivity index (χ1n) is 10.3. The predicted molar refractivity (Wildman–Crippen MR) is 117 cm³/mol. The minimum absolute atomic E-state index is 1.00. The number of fused-ring (bicyclic) bond motifs is 2. The fourth-order valence-electron chi connectivity index (χ4n) is 4.43. The number of aromatic nitrogens is 2. The minimum atomic E-state index is 1.00. The highest BCUT2D eigenvalue weighted by molar-refractivity contribution is 5.81. The third-order valence-corrected chi connectivity index (χ3v) is 5.94. The number of imidazole rings is 1. The van der Waals surface area contributed by atoms with Crippen molar-refractivity contribution in [3.63, 3.8) is 0 Å². The molecule has 1 fully saturated rings. The summed E-state index contributed by atoms with van der Waals surface area (Å²) in [5.41, 5.74) is 8.05. The summed E-state index contributed by atoms with van der Waals surface area (Å²) in [6.07, 6.45) is 13.6. The van der Waals surface area contributed by atoms with E-state index in [1.165, 1.54) is 27.8 Å². The Balaban J connectivity index is 1.66. The van der Waals surface area contributed by atoms with E-state index in [0.29, 0.717) is 0 Å². The lowest BCUT2D eigenvalue weighted by Gasteiger charge is -2.33. The van der Waals surface area contributed by atoms with Crippen LogP contribution in [0.15, 0.2) is 78.3 Å². The van der Waals surface area contributed by atoms with E-state index < -0.39 is 0 Å². The number of rotatable bonds is 3. The molecule has 144 valence electrons. The molecule has 1 aromatic carbocycles. The number of nitrogens with zero attached hydrogens (tertiary/aromatic N) is 3. The molecule has 0 N–H and O–H groups in total. The lowest BCUT2D eigenvalue weighted by molar-refractivity contribution is 0.329. The van der Waals surface area contributed by atoms with Gasteiger partial charge >= 0.3 is 0 Å². The zero-order chi connectivity index (χ0) is 19.5. The summed E-state index contributed by atoms with van der Waals surface area (Å²) >= 11 is 0. The summed E-state index contributed by atoms with van der Waals surface area (Å²) in [4.78, 5) is 7.17. The van der Waals surface area contributed by atoms with E-state index in [1.54, 1.807) is 0 Å². The van der Waals surface area contributed by atoms with Gasteiger partial charge in [0.25, 0.3) is 0 Å². The third-order valence-electron chi connectivity index (χ3n) is 5.94. The van der Waals surface area contributed by atoms with Gasteiger partial charge in [0.2, 0.25) is 0 Å². The van der Waals surface area contributed by atoms with Gasteiger partial charge in [0, 0.05) is 43.3 Å². The molecule has 28 heavy (non-hydrogen) atoms. The van der Waals surface area contributed by atoms with E-state index in [2.05, 4.69) is 78.6 Å². The van der Waals surface area contributed by atoms with Crippen molar-refractivity contribution in [3.05, 3.63) is 95.3 Å². The number of likely N-dealkylation sites (tertiary alicyclic amines) is 1. The van der Waals surface area contributed by atoms with Crippen LogP contribution in [0.4, 0.5) is 0 Å². The Morgan fingerprint density at radius 1 is 1.07 bits per heavy atom. The molecule has 0 aliphatic carbocycles. The monoisotopic (exact) mass is 371 g/mol. The summed E-state index contributed by atoms with van der Waals surface area (Å²) in [7, 11) is 0. The molecule has 0 atom stereocenters.